The number of H-pyrrole nitrogens is 1. The molecule has 1 saturated carbocycles. The highest BCUT2D eigenvalue weighted by Gasteiger charge is 2.43. The van der Waals surface area contributed by atoms with Crippen molar-refractivity contribution in [1.82, 2.24) is 10.3 Å². The molecular weight excluding hydrogens is 280 g/mol. The Hall–Kier alpha value is -1.28. The Morgan fingerprint density at radius 2 is 1.91 bits per heavy atom. The van der Waals surface area contributed by atoms with Crippen LogP contribution < -0.4 is 5.32 Å². The van der Waals surface area contributed by atoms with Crippen molar-refractivity contribution in [3.8, 4) is 0 Å². The highest BCUT2D eigenvalue weighted by molar-refractivity contribution is 5.85. The predicted octanol–water partition coefficient (Wildman–Crippen LogP) is 5.14. The minimum atomic E-state index is 0.201. The van der Waals surface area contributed by atoms with Gasteiger partial charge >= 0.3 is 0 Å². The summed E-state index contributed by atoms with van der Waals surface area (Å²) in [7, 11) is 0. The Morgan fingerprint density at radius 3 is 2.65 bits per heavy atom. The summed E-state index contributed by atoms with van der Waals surface area (Å²) >= 11 is 0. The van der Waals surface area contributed by atoms with E-state index in [-0.39, 0.29) is 5.54 Å². The van der Waals surface area contributed by atoms with Crippen LogP contribution >= 0.6 is 0 Å². The van der Waals surface area contributed by atoms with E-state index in [1.807, 2.05) is 0 Å². The van der Waals surface area contributed by atoms with Crippen molar-refractivity contribution in [3.63, 3.8) is 0 Å². The summed E-state index contributed by atoms with van der Waals surface area (Å²) in [4.78, 5) is 3.78. The number of fused-ring (bicyclic) bond motifs is 4. The second-order valence-corrected chi connectivity index (χ2v) is 8.40. The first-order chi connectivity index (χ1) is 11.1. The number of rotatable bonds is 2. The minimum absolute atomic E-state index is 0.201. The van der Waals surface area contributed by atoms with Crippen LogP contribution in [0.2, 0.25) is 0 Å². The molecule has 2 aromatic rings. The molecule has 4 rings (SSSR count). The molecule has 124 valence electrons. The standard InChI is InChI=1S/C21H30N2/c1-4-20(2,3)15-9-12-21(13-10-15)19-17(11-14-22-21)16-7-5-6-8-18(16)23-19/h5-8,15,22-23H,4,9-14H2,1-3H3. The van der Waals surface area contributed by atoms with E-state index in [2.05, 4.69) is 55.3 Å². The SMILES string of the molecule is CCC(C)(C)C1CCC2(CC1)NCCc1c2[nH]c2ccccc12. The van der Waals surface area contributed by atoms with Crippen molar-refractivity contribution in [2.75, 3.05) is 6.54 Å². The van der Waals surface area contributed by atoms with Gasteiger partial charge in [0.25, 0.3) is 0 Å². The zero-order chi connectivity index (χ0) is 16.1. The third kappa shape index (κ3) is 2.34. The van der Waals surface area contributed by atoms with E-state index in [4.69, 9.17) is 0 Å². The van der Waals surface area contributed by atoms with E-state index in [1.165, 1.54) is 48.7 Å². The molecule has 1 spiro atoms. The van der Waals surface area contributed by atoms with Gasteiger partial charge in [0.15, 0.2) is 0 Å². The molecule has 0 bridgehead atoms. The fourth-order valence-electron chi connectivity index (χ4n) is 4.99. The van der Waals surface area contributed by atoms with Gasteiger partial charge in [-0.1, -0.05) is 45.4 Å². The average Bonchev–Trinajstić information content (AvgIpc) is 2.96. The Morgan fingerprint density at radius 1 is 1.17 bits per heavy atom. The van der Waals surface area contributed by atoms with Crippen molar-refractivity contribution >= 4 is 10.9 Å². The molecule has 2 nitrogen and oxygen atoms in total. The van der Waals surface area contributed by atoms with E-state index in [0.717, 1.165) is 18.9 Å². The van der Waals surface area contributed by atoms with Gasteiger partial charge in [-0.2, -0.15) is 0 Å². The monoisotopic (exact) mass is 310 g/mol. The zero-order valence-corrected chi connectivity index (χ0v) is 14.8. The molecule has 2 heteroatoms. The number of nitrogens with one attached hydrogen (secondary N) is 2. The van der Waals surface area contributed by atoms with Crippen molar-refractivity contribution in [2.24, 2.45) is 11.3 Å². The van der Waals surface area contributed by atoms with E-state index in [1.54, 1.807) is 5.56 Å². The first-order valence-corrected chi connectivity index (χ1v) is 9.41. The second-order valence-electron chi connectivity index (χ2n) is 8.40. The third-order valence-electron chi connectivity index (χ3n) is 6.99. The Kier molecular flexibility index (Phi) is 3.57. The fraction of sp³-hybridized carbons (Fsp3) is 0.619. The maximum absolute atomic E-state index is 3.91. The van der Waals surface area contributed by atoms with Crippen LogP contribution in [0.15, 0.2) is 24.3 Å². The van der Waals surface area contributed by atoms with E-state index < -0.39 is 0 Å². The van der Waals surface area contributed by atoms with E-state index in [9.17, 15) is 0 Å². The van der Waals surface area contributed by atoms with Crippen molar-refractivity contribution in [1.29, 1.82) is 0 Å². The molecule has 1 aliphatic heterocycles. The van der Waals surface area contributed by atoms with Gasteiger partial charge in [0, 0.05) is 23.1 Å². The Labute approximate surface area is 140 Å². The molecule has 2 heterocycles. The minimum Gasteiger partial charge on any atom is -0.357 e. The molecule has 23 heavy (non-hydrogen) atoms. The molecule has 0 amide bonds. The Balaban J connectivity index is 1.67. The lowest BCUT2D eigenvalue weighted by Gasteiger charge is -2.47. The lowest BCUT2D eigenvalue weighted by molar-refractivity contribution is 0.0929. The Bertz CT molecular complexity index is 702. The van der Waals surface area contributed by atoms with Crippen LogP contribution in [0.4, 0.5) is 0 Å². The van der Waals surface area contributed by atoms with E-state index in [0.29, 0.717) is 5.41 Å². The highest BCUT2D eigenvalue weighted by atomic mass is 15.0. The molecule has 1 aromatic carbocycles. The molecule has 0 saturated heterocycles. The van der Waals surface area contributed by atoms with Crippen molar-refractivity contribution in [2.45, 2.75) is 64.8 Å². The number of para-hydroxylation sites is 1. The number of aromatic nitrogens is 1. The lowest BCUT2D eigenvalue weighted by Crippen LogP contribution is -2.50. The normalized spacial score (nSPS) is 28.2. The van der Waals surface area contributed by atoms with Crippen LogP contribution in [0.25, 0.3) is 10.9 Å². The first kappa shape index (κ1) is 15.3. The summed E-state index contributed by atoms with van der Waals surface area (Å²) in [6.07, 6.45) is 7.70. The first-order valence-electron chi connectivity index (χ1n) is 9.41. The van der Waals surface area contributed by atoms with Gasteiger partial charge in [0.1, 0.15) is 0 Å². The van der Waals surface area contributed by atoms with Crippen LogP contribution in [0.5, 0.6) is 0 Å². The van der Waals surface area contributed by atoms with Gasteiger partial charge in [0.05, 0.1) is 5.54 Å². The van der Waals surface area contributed by atoms with Gasteiger partial charge in [-0.15, -0.1) is 0 Å². The fourth-order valence-corrected chi connectivity index (χ4v) is 4.99. The summed E-state index contributed by atoms with van der Waals surface area (Å²) in [6.45, 7) is 8.38. The highest BCUT2D eigenvalue weighted by Crippen LogP contribution is 2.48. The summed E-state index contributed by atoms with van der Waals surface area (Å²) in [5, 5.41) is 5.35. The lowest BCUT2D eigenvalue weighted by atomic mass is 9.64. The van der Waals surface area contributed by atoms with Crippen LogP contribution in [0.1, 0.15) is 64.1 Å². The van der Waals surface area contributed by atoms with Gasteiger partial charge in [-0.25, -0.2) is 0 Å². The van der Waals surface area contributed by atoms with Crippen molar-refractivity contribution in [3.05, 3.63) is 35.5 Å². The van der Waals surface area contributed by atoms with Crippen LogP contribution in [-0.2, 0) is 12.0 Å². The van der Waals surface area contributed by atoms with Crippen LogP contribution in [0.3, 0.4) is 0 Å². The average molecular weight is 310 g/mol. The summed E-state index contributed by atoms with van der Waals surface area (Å²) in [5.74, 6) is 0.870. The third-order valence-corrected chi connectivity index (χ3v) is 6.99. The van der Waals surface area contributed by atoms with Crippen LogP contribution in [0, 0.1) is 11.3 Å². The van der Waals surface area contributed by atoms with Crippen molar-refractivity contribution < 1.29 is 0 Å². The van der Waals surface area contributed by atoms with Gasteiger partial charge in [-0.05, 0) is 55.1 Å². The molecule has 2 N–H and O–H groups in total. The topological polar surface area (TPSA) is 27.8 Å². The predicted molar refractivity (Wildman–Crippen MR) is 97.7 cm³/mol. The van der Waals surface area contributed by atoms with Gasteiger partial charge in [0.2, 0.25) is 0 Å². The molecule has 1 fully saturated rings. The molecule has 2 aliphatic rings. The molecule has 0 unspecified atom stereocenters. The van der Waals surface area contributed by atoms with Gasteiger partial charge < -0.3 is 10.3 Å². The van der Waals surface area contributed by atoms with Gasteiger partial charge in [-0.3, -0.25) is 0 Å². The molecule has 0 atom stereocenters. The largest absolute Gasteiger partial charge is 0.357 e. The molecule has 1 aliphatic carbocycles. The zero-order valence-electron chi connectivity index (χ0n) is 14.8. The summed E-state index contributed by atoms with van der Waals surface area (Å²) < 4.78 is 0. The number of aromatic amines is 1. The number of hydrogen-bond donors (Lipinski definition) is 2. The second kappa shape index (κ2) is 5.37. The maximum Gasteiger partial charge on any atom is 0.0589 e. The van der Waals surface area contributed by atoms with E-state index >= 15 is 0 Å². The molecule has 1 aromatic heterocycles. The smallest absolute Gasteiger partial charge is 0.0589 e. The summed E-state index contributed by atoms with van der Waals surface area (Å²) in [5.41, 5.74) is 5.08. The quantitative estimate of drug-likeness (QED) is 0.790. The number of benzene rings is 1. The van der Waals surface area contributed by atoms with Crippen LogP contribution in [-0.4, -0.2) is 11.5 Å². The summed E-state index contributed by atoms with van der Waals surface area (Å²) in [6, 6.07) is 8.83. The maximum atomic E-state index is 3.91. The molecular formula is C21H30N2. The molecule has 0 radical (unpaired) electrons. The number of hydrogen-bond acceptors (Lipinski definition) is 1.